The molecule has 2 atom stereocenters. The molecule has 3 heterocycles. The lowest BCUT2D eigenvalue weighted by Crippen LogP contribution is -2.49. The van der Waals surface area contributed by atoms with Gasteiger partial charge in [0.1, 0.15) is 0 Å². The number of carbonyl (C=O) groups excluding carboxylic acids is 1. The molecule has 2 aliphatic rings. The molecule has 144 valence electrons. The summed E-state index contributed by atoms with van der Waals surface area (Å²) in [6, 6.07) is 1.54. The summed E-state index contributed by atoms with van der Waals surface area (Å²) in [7, 11) is 0. The van der Waals surface area contributed by atoms with Crippen molar-refractivity contribution < 1.29 is 19.2 Å². The molecule has 2 aromatic heterocycles. The lowest BCUT2D eigenvalue weighted by atomic mass is 9.89. The topological polar surface area (TPSA) is 96.5 Å². The van der Waals surface area contributed by atoms with Crippen LogP contribution in [0.4, 0.5) is 0 Å². The molecule has 0 unspecified atom stereocenters. The zero-order chi connectivity index (χ0) is 19.1. The SMILES string of the molecule is CCCc1noc2nc(C3CC3)cc(C(=O)N3CCC[C@H](C(=O)O)[C@@H]3C)c12. The van der Waals surface area contributed by atoms with Crippen molar-refractivity contribution in [3.63, 3.8) is 0 Å². The second-order valence-electron chi connectivity index (χ2n) is 7.75. The average molecular weight is 371 g/mol. The van der Waals surface area contributed by atoms with E-state index in [-0.39, 0.29) is 11.9 Å². The highest BCUT2D eigenvalue weighted by Crippen LogP contribution is 2.41. The van der Waals surface area contributed by atoms with E-state index in [0.29, 0.717) is 48.4 Å². The molecular formula is C20H25N3O4. The molecular weight excluding hydrogens is 346 g/mol. The summed E-state index contributed by atoms with van der Waals surface area (Å²) in [5.74, 6) is -1.12. The van der Waals surface area contributed by atoms with E-state index in [2.05, 4.69) is 17.1 Å². The minimum Gasteiger partial charge on any atom is -0.481 e. The number of carboxylic acid groups (broad SMARTS) is 1. The fourth-order valence-electron chi connectivity index (χ4n) is 4.11. The highest BCUT2D eigenvalue weighted by Gasteiger charge is 2.37. The van der Waals surface area contributed by atoms with Crippen molar-refractivity contribution in [3.8, 4) is 0 Å². The molecule has 0 bridgehead atoms. The molecule has 1 aliphatic carbocycles. The molecule has 1 saturated carbocycles. The van der Waals surface area contributed by atoms with Crippen LogP contribution in [0.5, 0.6) is 0 Å². The van der Waals surface area contributed by atoms with Crippen LogP contribution in [-0.4, -0.2) is 44.6 Å². The monoisotopic (exact) mass is 371 g/mol. The number of carboxylic acids is 1. The third kappa shape index (κ3) is 3.19. The number of aromatic nitrogens is 2. The fraction of sp³-hybridized carbons (Fsp3) is 0.600. The second kappa shape index (κ2) is 6.94. The number of carbonyl (C=O) groups is 2. The number of hydrogen-bond acceptors (Lipinski definition) is 5. The van der Waals surface area contributed by atoms with Crippen molar-refractivity contribution in [2.24, 2.45) is 5.92 Å². The van der Waals surface area contributed by atoms with Crippen LogP contribution >= 0.6 is 0 Å². The van der Waals surface area contributed by atoms with Crippen LogP contribution in [0.3, 0.4) is 0 Å². The number of fused-ring (bicyclic) bond motifs is 1. The molecule has 0 aromatic carbocycles. The summed E-state index contributed by atoms with van der Waals surface area (Å²) in [6.07, 6.45) is 5.05. The van der Waals surface area contributed by atoms with Gasteiger partial charge in [0.25, 0.3) is 11.6 Å². The molecule has 1 N–H and O–H groups in total. The number of pyridine rings is 1. The van der Waals surface area contributed by atoms with Crippen molar-refractivity contribution in [1.29, 1.82) is 0 Å². The van der Waals surface area contributed by atoms with E-state index in [0.717, 1.165) is 30.7 Å². The predicted octanol–water partition coefficient (Wildman–Crippen LogP) is 3.38. The van der Waals surface area contributed by atoms with Gasteiger partial charge in [-0.25, -0.2) is 4.98 Å². The van der Waals surface area contributed by atoms with E-state index in [1.165, 1.54) is 0 Å². The largest absolute Gasteiger partial charge is 0.481 e. The Balaban J connectivity index is 1.77. The van der Waals surface area contributed by atoms with Gasteiger partial charge in [-0.3, -0.25) is 9.59 Å². The third-order valence-electron chi connectivity index (χ3n) is 5.82. The summed E-state index contributed by atoms with van der Waals surface area (Å²) in [5, 5.41) is 14.3. The normalized spacial score (nSPS) is 23.0. The molecule has 2 fully saturated rings. The van der Waals surface area contributed by atoms with Crippen molar-refractivity contribution in [2.45, 2.75) is 64.3 Å². The Morgan fingerprint density at radius 3 is 2.78 bits per heavy atom. The van der Waals surface area contributed by atoms with E-state index in [4.69, 9.17) is 4.52 Å². The number of amides is 1. The molecule has 7 heteroatoms. The van der Waals surface area contributed by atoms with Gasteiger partial charge in [0.2, 0.25) is 0 Å². The quantitative estimate of drug-likeness (QED) is 0.865. The minimum atomic E-state index is -0.838. The second-order valence-corrected chi connectivity index (χ2v) is 7.75. The highest BCUT2D eigenvalue weighted by atomic mass is 16.5. The zero-order valence-corrected chi connectivity index (χ0v) is 15.8. The van der Waals surface area contributed by atoms with E-state index >= 15 is 0 Å². The van der Waals surface area contributed by atoms with E-state index in [1.807, 2.05) is 13.0 Å². The molecule has 7 nitrogen and oxygen atoms in total. The van der Waals surface area contributed by atoms with Gasteiger partial charge in [-0.15, -0.1) is 0 Å². The standard InChI is InChI=1S/C20H25N3O4/c1-3-5-15-17-14(10-16(12-7-8-12)21-18(17)27-22-15)19(24)23-9-4-6-13(11(23)2)20(25)26/h10-13H,3-9H2,1-2H3,(H,25,26)/t11-,13-/m0/s1. The maximum atomic E-state index is 13.5. The van der Waals surface area contributed by atoms with Crippen LogP contribution in [-0.2, 0) is 11.2 Å². The van der Waals surface area contributed by atoms with E-state index < -0.39 is 11.9 Å². The van der Waals surface area contributed by atoms with Gasteiger partial charge < -0.3 is 14.5 Å². The number of aliphatic carboxylic acids is 1. The average Bonchev–Trinajstić information content (AvgIpc) is 3.43. The number of hydrogen-bond donors (Lipinski definition) is 1. The van der Waals surface area contributed by atoms with E-state index in [1.54, 1.807) is 4.90 Å². The molecule has 1 saturated heterocycles. The first kappa shape index (κ1) is 17.9. The van der Waals surface area contributed by atoms with Gasteiger partial charge in [0.05, 0.1) is 22.6 Å². The highest BCUT2D eigenvalue weighted by molar-refractivity contribution is 6.06. The fourth-order valence-corrected chi connectivity index (χ4v) is 4.11. The maximum Gasteiger partial charge on any atom is 0.308 e. The van der Waals surface area contributed by atoms with E-state index in [9.17, 15) is 14.7 Å². The van der Waals surface area contributed by atoms with Gasteiger partial charge in [-0.05, 0) is 45.1 Å². The van der Waals surface area contributed by atoms with Gasteiger partial charge in [0.15, 0.2) is 0 Å². The van der Waals surface area contributed by atoms with Gasteiger partial charge in [0, 0.05) is 24.2 Å². The summed E-state index contributed by atoms with van der Waals surface area (Å²) in [4.78, 5) is 31.3. The number of nitrogens with zero attached hydrogens (tertiary/aromatic N) is 3. The predicted molar refractivity (Wildman–Crippen MR) is 98.6 cm³/mol. The molecule has 0 spiro atoms. The van der Waals surface area contributed by atoms with Crippen molar-refractivity contribution in [1.82, 2.24) is 15.0 Å². The first-order valence-corrected chi connectivity index (χ1v) is 9.84. The van der Waals surface area contributed by atoms with Crippen LogP contribution in [0.15, 0.2) is 10.6 Å². The third-order valence-corrected chi connectivity index (χ3v) is 5.82. The molecule has 1 aliphatic heterocycles. The maximum absolute atomic E-state index is 13.5. The van der Waals surface area contributed by atoms with Gasteiger partial charge in [-0.2, -0.15) is 0 Å². The Hall–Kier alpha value is -2.44. The first-order chi connectivity index (χ1) is 13.0. The van der Waals surface area contributed by atoms with Crippen molar-refractivity contribution in [2.75, 3.05) is 6.54 Å². The summed E-state index contributed by atoms with van der Waals surface area (Å²) < 4.78 is 5.46. The van der Waals surface area contributed by atoms with Crippen LogP contribution in [0.1, 0.15) is 73.6 Å². The van der Waals surface area contributed by atoms with Gasteiger partial charge >= 0.3 is 5.97 Å². The number of piperidine rings is 1. The van der Waals surface area contributed by atoms with Crippen LogP contribution in [0.25, 0.3) is 11.1 Å². The first-order valence-electron chi connectivity index (χ1n) is 9.84. The number of aryl methyl sites for hydroxylation is 1. The smallest absolute Gasteiger partial charge is 0.308 e. The lowest BCUT2D eigenvalue weighted by Gasteiger charge is -2.37. The zero-order valence-electron chi connectivity index (χ0n) is 15.8. The Labute approximate surface area is 157 Å². The lowest BCUT2D eigenvalue weighted by molar-refractivity contribution is -0.144. The molecule has 2 aromatic rings. The number of likely N-dealkylation sites (tertiary alicyclic amines) is 1. The molecule has 1 amide bonds. The van der Waals surface area contributed by atoms with Crippen LogP contribution in [0.2, 0.25) is 0 Å². The Morgan fingerprint density at radius 1 is 1.33 bits per heavy atom. The van der Waals surface area contributed by atoms with Crippen molar-refractivity contribution in [3.05, 3.63) is 23.0 Å². The van der Waals surface area contributed by atoms with Crippen LogP contribution in [0, 0.1) is 5.92 Å². The summed E-state index contributed by atoms with van der Waals surface area (Å²) >= 11 is 0. The van der Waals surface area contributed by atoms with Gasteiger partial charge in [-0.1, -0.05) is 18.5 Å². The van der Waals surface area contributed by atoms with Crippen molar-refractivity contribution >= 4 is 23.0 Å². The molecule has 27 heavy (non-hydrogen) atoms. The molecule has 0 radical (unpaired) electrons. The van der Waals surface area contributed by atoms with Crippen LogP contribution < -0.4 is 0 Å². The number of rotatable bonds is 5. The summed E-state index contributed by atoms with van der Waals surface area (Å²) in [6.45, 7) is 4.45. The summed E-state index contributed by atoms with van der Waals surface area (Å²) in [5.41, 5.74) is 2.62. The Bertz CT molecular complexity index is 887. The molecule has 4 rings (SSSR count). The Kier molecular flexibility index (Phi) is 4.61. The minimum absolute atomic E-state index is 0.136. The Morgan fingerprint density at radius 2 is 2.11 bits per heavy atom.